The van der Waals surface area contributed by atoms with Gasteiger partial charge in [0, 0.05) is 24.8 Å². The second-order valence-corrected chi connectivity index (χ2v) is 5.36. The minimum absolute atomic E-state index is 0.344. The molecule has 1 aliphatic heterocycles. The molecule has 2 N–H and O–H groups in total. The van der Waals surface area contributed by atoms with Crippen LogP contribution in [0.25, 0.3) is 0 Å². The van der Waals surface area contributed by atoms with Crippen molar-refractivity contribution >= 4 is 0 Å². The van der Waals surface area contributed by atoms with Crippen LogP contribution in [0.3, 0.4) is 0 Å². The van der Waals surface area contributed by atoms with Gasteiger partial charge in [0.15, 0.2) is 0 Å². The van der Waals surface area contributed by atoms with E-state index in [4.69, 9.17) is 5.73 Å². The lowest BCUT2D eigenvalue weighted by Gasteiger charge is -2.32. The van der Waals surface area contributed by atoms with E-state index in [-0.39, 0.29) is 0 Å². The Morgan fingerprint density at radius 2 is 1.83 bits per heavy atom. The van der Waals surface area contributed by atoms with Crippen LogP contribution < -0.4 is 5.73 Å². The maximum Gasteiger partial charge on any atom is 0.0540 e. The van der Waals surface area contributed by atoms with Gasteiger partial charge in [0.25, 0.3) is 0 Å². The molecule has 1 atom stereocenters. The second kappa shape index (κ2) is 6.34. The summed E-state index contributed by atoms with van der Waals surface area (Å²) in [5.41, 5.74) is 8.57. The summed E-state index contributed by atoms with van der Waals surface area (Å²) in [6, 6.07) is 0.344. The average Bonchev–Trinajstić information content (AvgIpc) is 2.64. The lowest BCUT2D eigenvalue weighted by atomic mass is 10.0. The molecule has 0 radical (unpaired) electrons. The third-order valence-corrected chi connectivity index (χ3v) is 4.19. The van der Waals surface area contributed by atoms with Crippen molar-refractivity contribution in [1.82, 2.24) is 14.7 Å². The van der Waals surface area contributed by atoms with Gasteiger partial charge in [-0.2, -0.15) is 5.10 Å². The van der Waals surface area contributed by atoms with Crippen molar-refractivity contribution in [3.8, 4) is 0 Å². The zero-order chi connectivity index (χ0) is 13.0. The molecule has 0 saturated carbocycles. The molecular formula is C14H26N4. The highest BCUT2D eigenvalue weighted by Crippen LogP contribution is 2.25. The molecule has 0 aromatic carbocycles. The van der Waals surface area contributed by atoms with Crippen molar-refractivity contribution < 1.29 is 0 Å². The molecule has 2 heterocycles. The monoisotopic (exact) mass is 250 g/mol. The first-order chi connectivity index (χ1) is 8.74. The molecule has 1 saturated heterocycles. The minimum Gasteiger partial charge on any atom is -0.329 e. The SMILES string of the molecule is Cc1c(C(CN)N2CCCCCCC2)cnn1C. The average molecular weight is 250 g/mol. The van der Waals surface area contributed by atoms with Crippen LogP contribution in [0.5, 0.6) is 0 Å². The first-order valence-electron chi connectivity index (χ1n) is 7.16. The summed E-state index contributed by atoms with van der Waals surface area (Å²) in [5, 5.41) is 4.36. The number of nitrogens with zero attached hydrogens (tertiary/aromatic N) is 3. The third kappa shape index (κ3) is 2.93. The summed E-state index contributed by atoms with van der Waals surface area (Å²) in [5.74, 6) is 0. The molecule has 0 amide bonds. The number of rotatable bonds is 3. The highest BCUT2D eigenvalue weighted by molar-refractivity contribution is 5.21. The molecule has 1 fully saturated rings. The van der Waals surface area contributed by atoms with Gasteiger partial charge >= 0.3 is 0 Å². The third-order valence-electron chi connectivity index (χ3n) is 4.19. The van der Waals surface area contributed by atoms with Crippen LogP contribution in [-0.4, -0.2) is 34.3 Å². The van der Waals surface area contributed by atoms with E-state index < -0.39 is 0 Å². The van der Waals surface area contributed by atoms with Gasteiger partial charge < -0.3 is 5.73 Å². The first kappa shape index (κ1) is 13.6. The molecule has 0 spiro atoms. The molecule has 0 bridgehead atoms. The zero-order valence-electron chi connectivity index (χ0n) is 11.7. The topological polar surface area (TPSA) is 47.1 Å². The molecule has 0 aliphatic carbocycles. The summed E-state index contributed by atoms with van der Waals surface area (Å²) >= 11 is 0. The van der Waals surface area contributed by atoms with Crippen LogP contribution >= 0.6 is 0 Å². The van der Waals surface area contributed by atoms with Crippen LogP contribution in [0.15, 0.2) is 6.20 Å². The highest BCUT2D eigenvalue weighted by Gasteiger charge is 2.22. The van der Waals surface area contributed by atoms with E-state index in [1.54, 1.807) is 0 Å². The fraction of sp³-hybridized carbons (Fsp3) is 0.786. The van der Waals surface area contributed by atoms with E-state index in [1.807, 2.05) is 17.9 Å². The van der Waals surface area contributed by atoms with Crippen molar-refractivity contribution in [1.29, 1.82) is 0 Å². The minimum atomic E-state index is 0.344. The Kier molecular flexibility index (Phi) is 4.78. The van der Waals surface area contributed by atoms with Gasteiger partial charge in [0.05, 0.1) is 12.2 Å². The number of hydrogen-bond donors (Lipinski definition) is 1. The van der Waals surface area contributed by atoms with E-state index in [0.717, 1.165) is 0 Å². The maximum atomic E-state index is 6.03. The fourth-order valence-corrected chi connectivity index (χ4v) is 2.90. The van der Waals surface area contributed by atoms with Crippen LogP contribution in [-0.2, 0) is 7.05 Å². The fourth-order valence-electron chi connectivity index (χ4n) is 2.90. The van der Waals surface area contributed by atoms with Crippen molar-refractivity contribution in [3.63, 3.8) is 0 Å². The number of likely N-dealkylation sites (tertiary alicyclic amines) is 1. The van der Waals surface area contributed by atoms with Gasteiger partial charge in [0.1, 0.15) is 0 Å². The largest absolute Gasteiger partial charge is 0.329 e. The van der Waals surface area contributed by atoms with E-state index >= 15 is 0 Å². The first-order valence-corrected chi connectivity index (χ1v) is 7.16. The molecular weight excluding hydrogens is 224 g/mol. The summed E-state index contributed by atoms with van der Waals surface area (Å²) < 4.78 is 1.95. The van der Waals surface area contributed by atoms with Crippen molar-refractivity contribution in [2.45, 2.75) is 45.1 Å². The van der Waals surface area contributed by atoms with Gasteiger partial charge in [-0.15, -0.1) is 0 Å². The van der Waals surface area contributed by atoms with Crippen LogP contribution in [0.4, 0.5) is 0 Å². The van der Waals surface area contributed by atoms with E-state index in [9.17, 15) is 0 Å². The Hall–Kier alpha value is -0.870. The Morgan fingerprint density at radius 3 is 2.33 bits per heavy atom. The summed E-state index contributed by atoms with van der Waals surface area (Å²) in [7, 11) is 2.00. The molecule has 4 nitrogen and oxygen atoms in total. The molecule has 4 heteroatoms. The van der Waals surface area contributed by atoms with Gasteiger partial charge in [0.2, 0.25) is 0 Å². The Morgan fingerprint density at radius 1 is 1.22 bits per heavy atom. The second-order valence-electron chi connectivity index (χ2n) is 5.36. The predicted octanol–water partition coefficient (Wildman–Crippen LogP) is 1.99. The number of hydrogen-bond acceptors (Lipinski definition) is 3. The summed E-state index contributed by atoms with van der Waals surface area (Å²) in [6.45, 7) is 5.17. The highest BCUT2D eigenvalue weighted by atomic mass is 15.3. The van der Waals surface area contributed by atoms with Gasteiger partial charge in [-0.25, -0.2) is 0 Å². The van der Waals surface area contributed by atoms with Crippen molar-refractivity contribution in [3.05, 3.63) is 17.5 Å². The molecule has 1 aromatic heterocycles. The van der Waals surface area contributed by atoms with Crippen molar-refractivity contribution in [2.24, 2.45) is 12.8 Å². The van der Waals surface area contributed by atoms with Crippen molar-refractivity contribution in [2.75, 3.05) is 19.6 Å². The summed E-state index contributed by atoms with van der Waals surface area (Å²) in [6.07, 6.45) is 8.71. The Labute approximate surface area is 110 Å². The Balaban J connectivity index is 2.13. The lowest BCUT2D eigenvalue weighted by molar-refractivity contribution is 0.183. The predicted molar refractivity (Wildman–Crippen MR) is 74.4 cm³/mol. The molecule has 102 valence electrons. The molecule has 18 heavy (non-hydrogen) atoms. The number of aromatic nitrogens is 2. The van der Waals surface area contributed by atoms with Gasteiger partial charge in [-0.1, -0.05) is 19.3 Å². The number of nitrogens with two attached hydrogens (primary N) is 1. The molecule has 2 rings (SSSR count). The standard InChI is InChI=1S/C14H26N4/c1-12-13(11-16-17(12)2)14(10-15)18-8-6-4-3-5-7-9-18/h11,14H,3-10,15H2,1-2H3. The van der Waals surface area contributed by atoms with E-state index in [0.29, 0.717) is 12.6 Å². The molecule has 1 unspecified atom stereocenters. The molecule has 1 aliphatic rings. The Bertz CT molecular complexity index is 364. The number of aryl methyl sites for hydroxylation is 1. The smallest absolute Gasteiger partial charge is 0.0540 e. The van der Waals surface area contributed by atoms with E-state index in [2.05, 4.69) is 16.9 Å². The van der Waals surface area contributed by atoms with Gasteiger partial charge in [-0.3, -0.25) is 9.58 Å². The maximum absolute atomic E-state index is 6.03. The summed E-state index contributed by atoms with van der Waals surface area (Å²) in [4.78, 5) is 2.56. The molecule has 1 aromatic rings. The van der Waals surface area contributed by atoms with Crippen LogP contribution in [0.1, 0.15) is 49.4 Å². The zero-order valence-corrected chi connectivity index (χ0v) is 11.7. The van der Waals surface area contributed by atoms with Crippen LogP contribution in [0, 0.1) is 6.92 Å². The van der Waals surface area contributed by atoms with E-state index in [1.165, 1.54) is 56.5 Å². The normalized spacial score (nSPS) is 20.4. The van der Waals surface area contributed by atoms with Crippen LogP contribution in [0.2, 0.25) is 0 Å². The van der Waals surface area contributed by atoms with Gasteiger partial charge in [-0.05, 0) is 32.9 Å². The lowest BCUT2D eigenvalue weighted by Crippen LogP contribution is -2.36. The quantitative estimate of drug-likeness (QED) is 0.892.